The van der Waals surface area contributed by atoms with E-state index in [0.29, 0.717) is 0 Å². The summed E-state index contributed by atoms with van der Waals surface area (Å²) >= 11 is 0. The molecule has 0 atom stereocenters. The molecule has 2 fully saturated rings. The van der Waals surface area contributed by atoms with Gasteiger partial charge in [-0.1, -0.05) is 32.1 Å². The van der Waals surface area contributed by atoms with Crippen molar-refractivity contribution in [1.82, 2.24) is 10.6 Å². The third-order valence-electron chi connectivity index (χ3n) is 5.02. The standard InChI is InChI=1S/C16H30N2O2.ClH/c1-20-16(9-12-17-13-10-16)15(19)18-11-5-8-14-6-3-2-4-7-14;/h14,17H,2-13H2,1H3,(H,18,19);1H. The number of methoxy groups -OCH3 is 1. The van der Waals surface area contributed by atoms with E-state index in [2.05, 4.69) is 10.6 Å². The van der Waals surface area contributed by atoms with Crippen molar-refractivity contribution in [2.75, 3.05) is 26.7 Å². The molecule has 2 rings (SSSR count). The molecule has 0 radical (unpaired) electrons. The third-order valence-corrected chi connectivity index (χ3v) is 5.02. The number of ether oxygens (including phenoxy) is 1. The van der Waals surface area contributed by atoms with Crippen LogP contribution in [0.25, 0.3) is 0 Å². The van der Waals surface area contributed by atoms with Crippen molar-refractivity contribution < 1.29 is 9.53 Å². The molecular formula is C16H31ClN2O2. The fourth-order valence-electron chi connectivity index (χ4n) is 3.58. The molecule has 4 nitrogen and oxygen atoms in total. The van der Waals surface area contributed by atoms with Crippen LogP contribution in [0.1, 0.15) is 57.8 Å². The maximum atomic E-state index is 12.3. The number of halogens is 1. The highest BCUT2D eigenvalue weighted by Gasteiger charge is 2.39. The fraction of sp³-hybridized carbons (Fsp3) is 0.938. The van der Waals surface area contributed by atoms with Crippen molar-refractivity contribution in [3.05, 3.63) is 0 Å². The van der Waals surface area contributed by atoms with Crippen LogP contribution >= 0.6 is 12.4 Å². The van der Waals surface area contributed by atoms with Crippen LogP contribution in [-0.2, 0) is 9.53 Å². The van der Waals surface area contributed by atoms with Crippen molar-refractivity contribution in [2.45, 2.75) is 63.4 Å². The van der Waals surface area contributed by atoms with Gasteiger partial charge in [0.25, 0.3) is 5.91 Å². The van der Waals surface area contributed by atoms with Gasteiger partial charge in [-0.2, -0.15) is 0 Å². The van der Waals surface area contributed by atoms with Gasteiger partial charge in [0.2, 0.25) is 0 Å². The highest BCUT2D eigenvalue weighted by Crippen LogP contribution is 2.27. The van der Waals surface area contributed by atoms with Gasteiger partial charge < -0.3 is 15.4 Å². The number of amides is 1. The predicted molar refractivity (Wildman–Crippen MR) is 87.9 cm³/mol. The van der Waals surface area contributed by atoms with E-state index in [4.69, 9.17) is 4.74 Å². The lowest BCUT2D eigenvalue weighted by molar-refractivity contribution is -0.146. The van der Waals surface area contributed by atoms with E-state index in [0.717, 1.165) is 44.8 Å². The van der Waals surface area contributed by atoms with Crippen molar-refractivity contribution in [3.63, 3.8) is 0 Å². The zero-order valence-electron chi connectivity index (χ0n) is 13.3. The van der Waals surface area contributed by atoms with Gasteiger partial charge in [-0.15, -0.1) is 12.4 Å². The Bertz CT molecular complexity index is 301. The molecule has 0 bridgehead atoms. The molecule has 21 heavy (non-hydrogen) atoms. The Morgan fingerprint density at radius 3 is 2.52 bits per heavy atom. The summed E-state index contributed by atoms with van der Waals surface area (Å²) in [5.41, 5.74) is -0.587. The number of nitrogens with one attached hydrogen (secondary N) is 2. The molecule has 0 unspecified atom stereocenters. The van der Waals surface area contributed by atoms with Crippen LogP contribution in [0, 0.1) is 5.92 Å². The summed E-state index contributed by atoms with van der Waals surface area (Å²) in [4.78, 5) is 12.3. The van der Waals surface area contributed by atoms with Crippen LogP contribution in [0.4, 0.5) is 0 Å². The van der Waals surface area contributed by atoms with Gasteiger partial charge in [-0.3, -0.25) is 4.79 Å². The predicted octanol–water partition coefficient (Wildman–Crippen LogP) is 2.65. The summed E-state index contributed by atoms with van der Waals surface area (Å²) in [5.74, 6) is 0.987. The van der Waals surface area contributed by atoms with E-state index < -0.39 is 5.60 Å². The Hall–Kier alpha value is -0.320. The van der Waals surface area contributed by atoms with Crippen LogP contribution < -0.4 is 10.6 Å². The lowest BCUT2D eigenvalue weighted by Gasteiger charge is -2.34. The summed E-state index contributed by atoms with van der Waals surface area (Å²) in [6, 6.07) is 0. The lowest BCUT2D eigenvalue weighted by atomic mass is 9.86. The van der Waals surface area contributed by atoms with E-state index in [1.807, 2.05) is 0 Å². The average Bonchev–Trinajstić information content (AvgIpc) is 2.53. The van der Waals surface area contributed by atoms with Crippen LogP contribution in [0.3, 0.4) is 0 Å². The van der Waals surface area contributed by atoms with Gasteiger partial charge >= 0.3 is 0 Å². The second kappa shape index (κ2) is 9.65. The topological polar surface area (TPSA) is 50.4 Å². The van der Waals surface area contributed by atoms with Crippen molar-refractivity contribution in [1.29, 1.82) is 0 Å². The maximum absolute atomic E-state index is 12.3. The first kappa shape index (κ1) is 18.7. The van der Waals surface area contributed by atoms with Crippen LogP contribution in [0.2, 0.25) is 0 Å². The van der Waals surface area contributed by atoms with Gasteiger partial charge in [0.05, 0.1) is 0 Å². The highest BCUT2D eigenvalue weighted by molar-refractivity contribution is 5.85. The molecule has 1 saturated heterocycles. The zero-order chi connectivity index (χ0) is 14.3. The number of hydrogen-bond acceptors (Lipinski definition) is 3. The third kappa shape index (κ3) is 5.42. The number of carbonyl (C=O) groups excluding carboxylic acids is 1. The highest BCUT2D eigenvalue weighted by atomic mass is 35.5. The van der Waals surface area contributed by atoms with E-state index in [9.17, 15) is 4.79 Å². The Balaban J connectivity index is 0.00000220. The molecule has 1 heterocycles. The molecule has 124 valence electrons. The van der Waals surface area contributed by atoms with Crippen molar-refractivity contribution >= 4 is 18.3 Å². The Morgan fingerprint density at radius 2 is 1.90 bits per heavy atom. The van der Waals surface area contributed by atoms with Gasteiger partial charge in [0.1, 0.15) is 5.60 Å². The van der Waals surface area contributed by atoms with Gasteiger partial charge in [0.15, 0.2) is 0 Å². The molecule has 2 aliphatic rings. The fourth-order valence-corrected chi connectivity index (χ4v) is 3.58. The lowest BCUT2D eigenvalue weighted by Crippen LogP contribution is -2.54. The first-order valence-corrected chi connectivity index (χ1v) is 8.31. The number of piperidine rings is 1. The monoisotopic (exact) mass is 318 g/mol. The average molecular weight is 319 g/mol. The minimum Gasteiger partial charge on any atom is -0.368 e. The molecule has 0 aromatic rings. The number of carbonyl (C=O) groups is 1. The van der Waals surface area contributed by atoms with Crippen molar-refractivity contribution in [3.8, 4) is 0 Å². The zero-order valence-corrected chi connectivity index (χ0v) is 14.1. The summed E-state index contributed by atoms with van der Waals surface area (Å²) in [6.07, 6.45) is 10.9. The molecule has 0 aromatic heterocycles. The first-order chi connectivity index (χ1) is 9.77. The SMILES string of the molecule is COC1(C(=O)NCCCC2CCCCC2)CCNCC1.Cl. The molecule has 1 aliphatic heterocycles. The van der Waals surface area contributed by atoms with Crippen LogP contribution in [-0.4, -0.2) is 38.3 Å². The van der Waals surface area contributed by atoms with E-state index in [1.54, 1.807) is 7.11 Å². The molecule has 1 aliphatic carbocycles. The van der Waals surface area contributed by atoms with Crippen LogP contribution in [0.15, 0.2) is 0 Å². The molecule has 1 amide bonds. The Labute approximate surface area is 135 Å². The normalized spacial score (nSPS) is 22.3. The van der Waals surface area contributed by atoms with Gasteiger partial charge in [0, 0.05) is 13.7 Å². The summed E-state index contributed by atoms with van der Waals surface area (Å²) < 4.78 is 5.54. The second-order valence-corrected chi connectivity index (χ2v) is 6.35. The Morgan fingerprint density at radius 1 is 1.24 bits per heavy atom. The molecular weight excluding hydrogens is 288 g/mol. The van der Waals surface area contributed by atoms with E-state index >= 15 is 0 Å². The molecule has 5 heteroatoms. The van der Waals surface area contributed by atoms with E-state index in [-0.39, 0.29) is 18.3 Å². The van der Waals surface area contributed by atoms with Crippen molar-refractivity contribution in [2.24, 2.45) is 5.92 Å². The quantitative estimate of drug-likeness (QED) is 0.740. The number of hydrogen-bond donors (Lipinski definition) is 2. The second-order valence-electron chi connectivity index (χ2n) is 6.35. The van der Waals surface area contributed by atoms with Gasteiger partial charge in [-0.25, -0.2) is 0 Å². The first-order valence-electron chi connectivity index (χ1n) is 8.31. The summed E-state index contributed by atoms with van der Waals surface area (Å²) in [7, 11) is 1.66. The molecule has 0 spiro atoms. The van der Waals surface area contributed by atoms with E-state index in [1.165, 1.54) is 38.5 Å². The summed E-state index contributed by atoms with van der Waals surface area (Å²) in [6.45, 7) is 2.53. The largest absolute Gasteiger partial charge is 0.368 e. The number of rotatable bonds is 6. The maximum Gasteiger partial charge on any atom is 0.252 e. The molecule has 2 N–H and O–H groups in total. The Kier molecular flexibility index (Phi) is 8.60. The summed E-state index contributed by atoms with van der Waals surface area (Å²) in [5, 5.41) is 6.37. The minimum atomic E-state index is -0.587. The molecule has 1 saturated carbocycles. The molecule has 0 aromatic carbocycles. The minimum absolute atomic E-state index is 0. The van der Waals surface area contributed by atoms with Gasteiger partial charge in [-0.05, 0) is 44.7 Å². The van der Waals surface area contributed by atoms with Crippen LogP contribution in [0.5, 0.6) is 0 Å². The smallest absolute Gasteiger partial charge is 0.252 e.